The van der Waals surface area contributed by atoms with Gasteiger partial charge in [0.15, 0.2) is 5.96 Å². The molecule has 1 aliphatic carbocycles. The van der Waals surface area contributed by atoms with Crippen molar-refractivity contribution >= 4 is 5.96 Å². The zero-order valence-electron chi connectivity index (χ0n) is 12.5. The minimum absolute atomic E-state index is 0.153. The molecule has 0 bridgehead atoms. The third kappa shape index (κ3) is 3.95. The van der Waals surface area contributed by atoms with Crippen LogP contribution in [0.15, 0.2) is 29.3 Å². The number of benzene rings is 1. The molecule has 0 unspecified atom stereocenters. The molecule has 3 nitrogen and oxygen atoms in total. The molecule has 0 atom stereocenters. The van der Waals surface area contributed by atoms with Gasteiger partial charge in [-0.2, -0.15) is 0 Å². The van der Waals surface area contributed by atoms with E-state index in [1.807, 2.05) is 26.0 Å². The summed E-state index contributed by atoms with van der Waals surface area (Å²) in [6.07, 6.45) is 2.62. The fraction of sp³-hybridized carbons (Fsp3) is 0.562. The van der Waals surface area contributed by atoms with Crippen molar-refractivity contribution in [1.82, 2.24) is 10.6 Å². The monoisotopic (exact) mass is 277 g/mol. The maximum atomic E-state index is 13.9. The van der Waals surface area contributed by atoms with Crippen LogP contribution in [0.2, 0.25) is 0 Å². The molecule has 0 spiro atoms. The fourth-order valence-corrected chi connectivity index (χ4v) is 2.19. The van der Waals surface area contributed by atoms with Gasteiger partial charge in [0.05, 0.1) is 0 Å². The number of nitrogens with one attached hydrogen (secondary N) is 2. The molecule has 4 heteroatoms. The molecule has 1 aliphatic rings. The van der Waals surface area contributed by atoms with Crippen LogP contribution in [-0.2, 0) is 5.41 Å². The Hall–Kier alpha value is -1.58. The van der Waals surface area contributed by atoms with Crippen LogP contribution in [0.3, 0.4) is 0 Å². The topological polar surface area (TPSA) is 36.4 Å². The van der Waals surface area contributed by atoms with Gasteiger partial charge in [0.25, 0.3) is 0 Å². The van der Waals surface area contributed by atoms with Gasteiger partial charge in [-0.05, 0) is 30.4 Å². The summed E-state index contributed by atoms with van der Waals surface area (Å²) in [5, 5.41) is 6.61. The van der Waals surface area contributed by atoms with E-state index in [9.17, 15) is 4.39 Å². The molecule has 2 rings (SSSR count). The predicted molar refractivity (Wildman–Crippen MR) is 81.5 cm³/mol. The van der Waals surface area contributed by atoms with Crippen molar-refractivity contribution in [2.75, 3.05) is 20.1 Å². The summed E-state index contributed by atoms with van der Waals surface area (Å²) in [6, 6.07) is 6.95. The number of hydrogen-bond acceptors (Lipinski definition) is 1. The lowest BCUT2D eigenvalue weighted by Crippen LogP contribution is -2.44. The molecular formula is C16H24FN3. The largest absolute Gasteiger partial charge is 0.356 e. The van der Waals surface area contributed by atoms with Gasteiger partial charge in [-0.15, -0.1) is 0 Å². The lowest BCUT2D eigenvalue weighted by molar-refractivity contribution is 0.473. The molecule has 1 aromatic rings. The highest BCUT2D eigenvalue weighted by atomic mass is 19.1. The van der Waals surface area contributed by atoms with Gasteiger partial charge >= 0.3 is 0 Å². The molecular weight excluding hydrogens is 253 g/mol. The maximum Gasteiger partial charge on any atom is 0.191 e. The summed E-state index contributed by atoms with van der Waals surface area (Å²) < 4.78 is 13.9. The number of rotatable bonds is 5. The van der Waals surface area contributed by atoms with E-state index in [0.717, 1.165) is 24.0 Å². The third-order valence-electron chi connectivity index (χ3n) is 3.78. The second-order valence-corrected chi connectivity index (χ2v) is 6.11. The second kappa shape index (κ2) is 6.25. The molecule has 0 radical (unpaired) electrons. The van der Waals surface area contributed by atoms with Crippen molar-refractivity contribution in [1.29, 1.82) is 0 Å². The second-order valence-electron chi connectivity index (χ2n) is 6.11. The van der Waals surface area contributed by atoms with E-state index in [2.05, 4.69) is 15.6 Å². The van der Waals surface area contributed by atoms with Crippen LogP contribution in [0.1, 0.15) is 32.3 Å². The van der Waals surface area contributed by atoms with Crippen molar-refractivity contribution in [3.05, 3.63) is 35.6 Å². The van der Waals surface area contributed by atoms with Gasteiger partial charge in [0.2, 0.25) is 0 Å². The Morgan fingerprint density at radius 3 is 2.60 bits per heavy atom. The molecule has 110 valence electrons. The van der Waals surface area contributed by atoms with E-state index >= 15 is 0 Å². The Labute approximate surface area is 120 Å². The van der Waals surface area contributed by atoms with Crippen molar-refractivity contribution in [3.63, 3.8) is 0 Å². The predicted octanol–water partition coefficient (Wildman–Crippen LogP) is 2.68. The quantitative estimate of drug-likeness (QED) is 0.641. The maximum absolute atomic E-state index is 13.9. The van der Waals surface area contributed by atoms with Gasteiger partial charge in [-0.1, -0.05) is 32.0 Å². The summed E-state index contributed by atoms with van der Waals surface area (Å²) in [6.45, 7) is 5.68. The van der Waals surface area contributed by atoms with Crippen LogP contribution in [0.25, 0.3) is 0 Å². The van der Waals surface area contributed by atoms with Crippen LogP contribution >= 0.6 is 0 Å². The highest BCUT2D eigenvalue weighted by Crippen LogP contribution is 2.27. The first-order valence-corrected chi connectivity index (χ1v) is 7.22. The first kappa shape index (κ1) is 14.8. The highest BCUT2D eigenvalue weighted by Gasteiger charge is 2.25. The first-order valence-electron chi connectivity index (χ1n) is 7.22. The van der Waals surface area contributed by atoms with Crippen molar-refractivity contribution in [2.45, 2.75) is 32.1 Å². The first-order chi connectivity index (χ1) is 9.53. The zero-order valence-corrected chi connectivity index (χ0v) is 12.5. The van der Waals surface area contributed by atoms with Gasteiger partial charge in [-0.25, -0.2) is 4.39 Å². The van der Waals surface area contributed by atoms with Crippen LogP contribution in [-0.4, -0.2) is 26.1 Å². The molecule has 0 aromatic heterocycles. The summed E-state index contributed by atoms with van der Waals surface area (Å²) >= 11 is 0. The fourth-order valence-electron chi connectivity index (χ4n) is 2.19. The average molecular weight is 277 g/mol. The molecule has 1 aromatic carbocycles. The van der Waals surface area contributed by atoms with E-state index in [-0.39, 0.29) is 11.2 Å². The summed E-state index contributed by atoms with van der Waals surface area (Å²) in [5.74, 6) is 1.44. The number of nitrogens with zero attached hydrogens (tertiary/aromatic N) is 1. The molecule has 0 amide bonds. The number of halogens is 1. The Balaban J connectivity index is 1.91. The standard InChI is InChI=1S/C16H24FN3/c1-16(2,13-6-4-5-7-14(13)17)11-20-15(18-3)19-10-12-8-9-12/h4-7,12H,8-11H2,1-3H3,(H2,18,19,20). The summed E-state index contributed by atoms with van der Waals surface area (Å²) in [5.41, 5.74) is 0.438. The van der Waals surface area contributed by atoms with Gasteiger partial charge < -0.3 is 10.6 Å². The Morgan fingerprint density at radius 1 is 1.30 bits per heavy atom. The number of aliphatic imine (C=N–C) groups is 1. The van der Waals surface area contributed by atoms with Gasteiger partial charge in [-0.3, -0.25) is 4.99 Å². The highest BCUT2D eigenvalue weighted by molar-refractivity contribution is 5.79. The van der Waals surface area contributed by atoms with E-state index < -0.39 is 0 Å². The minimum atomic E-state index is -0.289. The smallest absolute Gasteiger partial charge is 0.191 e. The van der Waals surface area contributed by atoms with E-state index in [0.29, 0.717) is 6.54 Å². The van der Waals surface area contributed by atoms with E-state index in [1.54, 1.807) is 13.1 Å². The van der Waals surface area contributed by atoms with E-state index in [1.165, 1.54) is 18.9 Å². The summed E-state index contributed by atoms with van der Waals surface area (Å²) in [4.78, 5) is 4.21. The van der Waals surface area contributed by atoms with Crippen molar-refractivity contribution < 1.29 is 4.39 Å². The molecule has 20 heavy (non-hydrogen) atoms. The van der Waals surface area contributed by atoms with E-state index in [4.69, 9.17) is 0 Å². The number of guanidine groups is 1. The molecule has 0 saturated heterocycles. The third-order valence-corrected chi connectivity index (χ3v) is 3.78. The lowest BCUT2D eigenvalue weighted by Gasteiger charge is -2.27. The molecule has 2 N–H and O–H groups in total. The van der Waals surface area contributed by atoms with Gasteiger partial charge in [0, 0.05) is 25.6 Å². The van der Waals surface area contributed by atoms with Crippen molar-refractivity contribution in [2.24, 2.45) is 10.9 Å². The lowest BCUT2D eigenvalue weighted by atomic mass is 9.84. The molecule has 1 saturated carbocycles. The SMILES string of the molecule is CN=C(NCC1CC1)NCC(C)(C)c1ccccc1F. The zero-order chi connectivity index (χ0) is 14.6. The molecule has 0 aliphatic heterocycles. The Kier molecular flexibility index (Phi) is 4.63. The van der Waals surface area contributed by atoms with Crippen LogP contribution in [0.4, 0.5) is 4.39 Å². The summed E-state index contributed by atoms with van der Waals surface area (Å²) in [7, 11) is 1.76. The Morgan fingerprint density at radius 2 is 2.00 bits per heavy atom. The van der Waals surface area contributed by atoms with Crippen molar-refractivity contribution in [3.8, 4) is 0 Å². The molecule has 1 fully saturated rings. The minimum Gasteiger partial charge on any atom is -0.356 e. The normalized spacial score (nSPS) is 16.1. The number of hydrogen-bond donors (Lipinski definition) is 2. The van der Waals surface area contributed by atoms with Crippen LogP contribution in [0.5, 0.6) is 0 Å². The average Bonchev–Trinajstić information content (AvgIpc) is 3.23. The van der Waals surface area contributed by atoms with Crippen LogP contribution < -0.4 is 10.6 Å². The molecule has 0 heterocycles. The van der Waals surface area contributed by atoms with Crippen LogP contribution in [0, 0.1) is 11.7 Å². The van der Waals surface area contributed by atoms with Gasteiger partial charge in [0.1, 0.15) is 5.82 Å². The Bertz CT molecular complexity index is 478.